The van der Waals surface area contributed by atoms with E-state index in [1.165, 1.54) is 0 Å². The van der Waals surface area contributed by atoms with Crippen LogP contribution in [0.4, 0.5) is 13.2 Å². The fourth-order valence-electron chi connectivity index (χ4n) is 2.19. The minimum atomic E-state index is -5.09. The summed E-state index contributed by atoms with van der Waals surface area (Å²) in [6, 6.07) is 7.15. The summed E-state index contributed by atoms with van der Waals surface area (Å²) in [5.74, 6) is -3.37. The maximum Gasteiger partial charge on any atom is 0.418 e. The average molecular weight is 303 g/mol. The van der Waals surface area contributed by atoms with Gasteiger partial charge in [-0.3, -0.25) is 10.1 Å². The Bertz CT molecular complexity index is 546. The van der Waals surface area contributed by atoms with Crippen LogP contribution in [-0.2, 0) is 14.3 Å². The minimum Gasteiger partial charge on any atom is -0.481 e. The lowest BCUT2D eigenvalue weighted by molar-refractivity contribution is -0.228. The molecule has 0 radical (unpaired) electrons. The summed E-state index contributed by atoms with van der Waals surface area (Å²) in [5, 5.41) is 10.8. The zero-order chi connectivity index (χ0) is 15.7. The number of aliphatic carboxylic acids is 1. The van der Waals surface area contributed by atoms with E-state index in [0.29, 0.717) is 5.56 Å². The molecular weight excluding hydrogens is 291 g/mol. The Morgan fingerprint density at radius 2 is 2.00 bits per heavy atom. The molecule has 2 N–H and O–H groups in total. The molecule has 1 aromatic rings. The number of ether oxygens (including phenoxy) is 1. The molecule has 0 bridgehead atoms. The van der Waals surface area contributed by atoms with Crippen molar-refractivity contribution < 1.29 is 32.6 Å². The fraction of sp³-hybridized carbons (Fsp3) is 0.385. The van der Waals surface area contributed by atoms with Gasteiger partial charge in [-0.15, -0.1) is 0 Å². The number of hydrogen-bond acceptors (Lipinski definition) is 4. The van der Waals surface area contributed by atoms with Gasteiger partial charge in [-0.2, -0.15) is 13.2 Å². The molecule has 0 spiro atoms. The molecule has 21 heavy (non-hydrogen) atoms. The summed E-state index contributed by atoms with van der Waals surface area (Å²) in [7, 11) is 0. The number of rotatable bonds is 3. The fourth-order valence-corrected chi connectivity index (χ4v) is 2.19. The van der Waals surface area contributed by atoms with Gasteiger partial charge in [0, 0.05) is 0 Å². The van der Waals surface area contributed by atoms with Crippen molar-refractivity contribution in [2.75, 3.05) is 6.61 Å². The molecular formula is C13H12F3NO4. The van der Waals surface area contributed by atoms with Gasteiger partial charge in [0.2, 0.25) is 5.54 Å². The van der Waals surface area contributed by atoms with Crippen LogP contribution in [0.1, 0.15) is 18.0 Å². The summed E-state index contributed by atoms with van der Waals surface area (Å²) < 4.78 is 44.4. The zero-order valence-corrected chi connectivity index (χ0v) is 10.7. The van der Waals surface area contributed by atoms with Gasteiger partial charge in [-0.1, -0.05) is 30.3 Å². The number of benzene rings is 1. The van der Waals surface area contributed by atoms with Crippen LogP contribution in [0.5, 0.6) is 0 Å². The molecule has 1 aromatic carbocycles. The Kier molecular flexibility index (Phi) is 3.91. The number of carboxylic acid groups (broad SMARTS) is 1. The van der Waals surface area contributed by atoms with E-state index in [2.05, 4.69) is 10.1 Å². The molecule has 5 nitrogen and oxygen atoms in total. The third-order valence-corrected chi connectivity index (χ3v) is 3.25. The molecule has 0 aliphatic carbocycles. The van der Waals surface area contributed by atoms with E-state index in [1.807, 2.05) is 0 Å². The van der Waals surface area contributed by atoms with Crippen LogP contribution in [0.15, 0.2) is 30.3 Å². The number of carbonyl (C=O) groups excluding carboxylic acids is 1. The number of halogens is 3. The molecule has 1 fully saturated rings. The van der Waals surface area contributed by atoms with Crippen LogP contribution in [0, 0.1) is 0 Å². The first-order valence-corrected chi connectivity index (χ1v) is 6.04. The summed E-state index contributed by atoms with van der Waals surface area (Å²) in [6.45, 7) is -0.291. The predicted molar refractivity (Wildman–Crippen MR) is 64.3 cm³/mol. The van der Waals surface area contributed by atoms with Crippen molar-refractivity contribution in [1.82, 2.24) is 5.32 Å². The Morgan fingerprint density at radius 3 is 2.52 bits per heavy atom. The molecule has 1 saturated heterocycles. The largest absolute Gasteiger partial charge is 0.481 e. The molecule has 2 atom stereocenters. The van der Waals surface area contributed by atoms with Gasteiger partial charge in [0.25, 0.3) is 0 Å². The summed E-state index contributed by atoms with van der Waals surface area (Å²) >= 11 is 0. The number of cyclic esters (lactones) is 1. The Hall–Kier alpha value is -2.09. The lowest BCUT2D eigenvalue weighted by Gasteiger charge is -2.40. The van der Waals surface area contributed by atoms with Gasteiger partial charge in [-0.05, 0) is 5.56 Å². The maximum atomic E-state index is 13.3. The molecule has 0 amide bonds. The molecule has 8 heteroatoms. The molecule has 1 aliphatic heterocycles. The van der Waals surface area contributed by atoms with Gasteiger partial charge < -0.3 is 9.84 Å². The lowest BCUT2D eigenvalue weighted by atomic mass is 9.90. The first-order chi connectivity index (χ1) is 9.76. The number of esters is 1. The maximum absolute atomic E-state index is 13.3. The standard InChI is InChI=1S/C13H12F3NO4/c14-13(15,16)12(6-10(18)19)11(20)21-7-9(17-12)8-4-2-1-3-5-8/h1-5,9,17H,6-7H2,(H,18,19)/t9-,12-/m0/s1. The van der Waals surface area contributed by atoms with Gasteiger partial charge in [0.05, 0.1) is 12.5 Å². The summed E-state index contributed by atoms with van der Waals surface area (Å²) in [5.41, 5.74) is -2.76. The van der Waals surface area contributed by atoms with Crippen molar-refractivity contribution in [3.05, 3.63) is 35.9 Å². The van der Waals surface area contributed by atoms with E-state index in [-0.39, 0.29) is 6.61 Å². The van der Waals surface area contributed by atoms with E-state index in [4.69, 9.17) is 5.11 Å². The molecule has 0 aromatic heterocycles. The van der Waals surface area contributed by atoms with E-state index in [0.717, 1.165) is 0 Å². The quantitative estimate of drug-likeness (QED) is 0.830. The van der Waals surface area contributed by atoms with Gasteiger partial charge >= 0.3 is 18.1 Å². The highest BCUT2D eigenvalue weighted by Gasteiger charge is 2.65. The predicted octanol–water partition coefficient (Wildman–Crippen LogP) is 1.65. The summed E-state index contributed by atoms with van der Waals surface area (Å²) in [4.78, 5) is 22.4. The Labute approximate surface area is 117 Å². The van der Waals surface area contributed by atoms with Crippen molar-refractivity contribution >= 4 is 11.9 Å². The van der Waals surface area contributed by atoms with Crippen LogP contribution in [0.2, 0.25) is 0 Å². The first kappa shape index (κ1) is 15.3. The third kappa shape index (κ3) is 2.85. The number of carbonyl (C=O) groups is 2. The highest BCUT2D eigenvalue weighted by Crippen LogP contribution is 2.39. The monoisotopic (exact) mass is 303 g/mol. The van der Waals surface area contributed by atoms with E-state index < -0.39 is 36.1 Å². The zero-order valence-electron chi connectivity index (χ0n) is 10.7. The van der Waals surface area contributed by atoms with Crippen molar-refractivity contribution in [3.8, 4) is 0 Å². The lowest BCUT2D eigenvalue weighted by Crippen LogP contribution is -2.67. The van der Waals surface area contributed by atoms with Crippen molar-refractivity contribution in [2.24, 2.45) is 0 Å². The SMILES string of the molecule is O=C(O)C[C@]1(C(F)(F)F)N[C@H](c2ccccc2)COC1=O. The van der Waals surface area contributed by atoms with Crippen molar-refractivity contribution in [1.29, 1.82) is 0 Å². The highest BCUT2D eigenvalue weighted by atomic mass is 19.4. The Balaban J connectivity index is 2.38. The van der Waals surface area contributed by atoms with Gasteiger partial charge in [0.15, 0.2) is 0 Å². The molecule has 0 saturated carbocycles. The van der Waals surface area contributed by atoms with Crippen LogP contribution >= 0.6 is 0 Å². The topological polar surface area (TPSA) is 75.6 Å². The Morgan fingerprint density at radius 1 is 1.38 bits per heavy atom. The van der Waals surface area contributed by atoms with E-state index in [1.54, 1.807) is 30.3 Å². The normalized spacial score (nSPS) is 26.2. The molecule has 1 heterocycles. The van der Waals surface area contributed by atoms with Crippen LogP contribution < -0.4 is 5.32 Å². The number of morpholine rings is 1. The molecule has 114 valence electrons. The van der Waals surface area contributed by atoms with Crippen LogP contribution in [0.25, 0.3) is 0 Å². The molecule has 0 unspecified atom stereocenters. The van der Waals surface area contributed by atoms with Gasteiger partial charge in [0.1, 0.15) is 6.61 Å². The van der Waals surface area contributed by atoms with Crippen molar-refractivity contribution in [3.63, 3.8) is 0 Å². The average Bonchev–Trinajstić information content (AvgIpc) is 2.40. The third-order valence-electron chi connectivity index (χ3n) is 3.25. The minimum absolute atomic E-state index is 0.291. The number of nitrogens with one attached hydrogen (secondary N) is 1. The second-order valence-electron chi connectivity index (χ2n) is 4.68. The van der Waals surface area contributed by atoms with Gasteiger partial charge in [-0.25, -0.2) is 4.79 Å². The number of hydrogen-bond donors (Lipinski definition) is 2. The number of alkyl halides is 3. The van der Waals surface area contributed by atoms with Crippen molar-refractivity contribution in [2.45, 2.75) is 24.2 Å². The molecule has 1 aliphatic rings. The van der Waals surface area contributed by atoms with Crippen LogP contribution in [0.3, 0.4) is 0 Å². The molecule has 2 rings (SSSR count). The smallest absolute Gasteiger partial charge is 0.418 e. The van der Waals surface area contributed by atoms with Crippen LogP contribution in [-0.4, -0.2) is 35.4 Å². The number of carboxylic acids is 1. The second kappa shape index (κ2) is 5.36. The summed E-state index contributed by atoms with van der Waals surface area (Å²) in [6.07, 6.45) is -6.52. The van der Waals surface area contributed by atoms with E-state index >= 15 is 0 Å². The highest BCUT2D eigenvalue weighted by molar-refractivity contribution is 5.88. The van der Waals surface area contributed by atoms with E-state index in [9.17, 15) is 22.8 Å². The second-order valence-corrected chi connectivity index (χ2v) is 4.68. The first-order valence-electron chi connectivity index (χ1n) is 6.04.